The van der Waals surface area contributed by atoms with Crippen LogP contribution in [0.4, 0.5) is 10.1 Å². The Kier molecular flexibility index (Phi) is 4.94. The van der Waals surface area contributed by atoms with Crippen LogP contribution in [0, 0.1) is 5.82 Å². The molecular weight excluding hydrogens is 387 g/mol. The van der Waals surface area contributed by atoms with Gasteiger partial charge in [-0.25, -0.2) is 9.38 Å². The summed E-state index contributed by atoms with van der Waals surface area (Å²) in [6, 6.07) is 11.9. The van der Waals surface area contributed by atoms with Crippen LogP contribution >= 0.6 is 0 Å². The molecular formula is C22H21FN4O3. The molecule has 0 atom stereocenters. The Morgan fingerprint density at radius 3 is 2.90 bits per heavy atom. The van der Waals surface area contributed by atoms with Crippen LogP contribution < -0.4 is 0 Å². The van der Waals surface area contributed by atoms with Gasteiger partial charge in [0.15, 0.2) is 5.88 Å². The molecule has 5 rings (SSSR count). The van der Waals surface area contributed by atoms with Gasteiger partial charge < -0.3 is 19.7 Å². The van der Waals surface area contributed by atoms with Gasteiger partial charge in [0.1, 0.15) is 23.8 Å². The van der Waals surface area contributed by atoms with E-state index < -0.39 is 0 Å². The Bertz CT molecular complexity index is 1150. The average molecular weight is 408 g/mol. The number of aromatic hydroxyl groups is 1. The van der Waals surface area contributed by atoms with E-state index in [1.807, 2.05) is 24.3 Å². The van der Waals surface area contributed by atoms with Crippen LogP contribution in [0.15, 0.2) is 52.6 Å². The lowest BCUT2D eigenvalue weighted by Crippen LogP contribution is -2.38. The van der Waals surface area contributed by atoms with Crippen LogP contribution in [0.5, 0.6) is 5.88 Å². The molecule has 0 unspecified atom stereocenters. The number of nitrogens with one attached hydrogen (secondary N) is 1. The minimum absolute atomic E-state index is 0.0804. The number of rotatable bonds is 5. The van der Waals surface area contributed by atoms with Gasteiger partial charge in [-0.3, -0.25) is 4.90 Å². The van der Waals surface area contributed by atoms with Crippen molar-refractivity contribution < 1.29 is 19.1 Å². The lowest BCUT2D eigenvalue weighted by Gasteiger charge is -2.25. The Labute approximate surface area is 172 Å². The summed E-state index contributed by atoms with van der Waals surface area (Å²) in [6.45, 7) is 4.39. The van der Waals surface area contributed by atoms with Crippen molar-refractivity contribution in [3.63, 3.8) is 0 Å². The van der Waals surface area contributed by atoms with Gasteiger partial charge in [0.25, 0.3) is 0 Å². The van der Waals surface area contributed by atoms with Crippen molar-refractivity contribution in [3.05, 3.63) is 59.4 Å². The first-order valence-electron chi connectivity index (χ1n) is 9.90. The second-order valence-electron chi connectivity index (χ2n) is 7.24. The highest BCUT2D eigenvalue weighted by Crippen LogP contribution is 2.35. The molecule has 2 aliphatic rings. The van der Waals surface area contributed by atoms with Crippen molar-refractivity contribution in [2.75, 3.05) is 39.5 Å². The molecule has 1 saturated heterocycles. The zero-order chi connectivity index (χ0) is 20.5. The minimum atomic E-state index is -0.390. The number of para-hydroxylation sites is 1. The molecule has 0 aliphatic carbocycles. The third kappa shape index (κ3) is 3.44. The van der Waals surface area contributed by atoms with E-state index in [-0.39, 0.29) is 11.7 Å². The predicted octanol–water partition coefficient (Wildman–Crippen LogP) is 3.20. The van der Waals surface area contributed by atoms with Crippen LogP contribution in [-0.2, 0) is 9.57 Å². The third-order valence-corrected chi connectivity index (χ3v) is 5.35. The second kappa shape index (κ2) is 7.89. The van der Waals surface area contributed by atoms with Crippen LogP contribution in [0.2, 0.25) is 0 Å². The van der Waals surface area contributed by atoms with E-state index in [2.05, 4.69) is 20.0 Å². The highest BCUT2D eigenvalue weighted by molar-refractivity contribution is 6.58. The summed E-state index contributed by atoms with van der Waals surface area (Å²) in [5, 5.41) is 15.5. The summed E-state index contributed by atoms with van der Waals surface area (Å²) in [5.41, 5.74) is 3.55. The maximum Gasteiger partial charge on any atom is 0.199 e. The first kappa shape index (κ1) is 18.8. The van der Waals surface area contributed by atoms with Crippen molar-refractivity contribution in [1.82, 2.24) is 9.88 Å². The molecule has 154 valence electrons. The molecule has 0 amide bonds. The van der Waals surface area contributed by atoms with Crippen LogP contribution in [0.1, 0.15) is 11.1 Å². The zero-order valence-electron chi connectivity index (χ0n) is 16.3. The standard InChI is InChI=1S/C22H21FN4O3/c23-14-5-6-18-16(13-14)19(22(28)25-18)21-20(15-3-1-2-4-17(15)24-21)26-30-12-9-27-7-10-29-11-8-27/h1-6,13,25,28H,7-12H2/b26-20+. The van der Waals surface area contributed by atoms with Gasteiger partial charge in [-0.2, -0.15) is 0 Å². The number of aromatic nitrogens is 1. The number of oxime groups is 1. The fraction of sp³-hybridized carbons (Fsp3) is 0.273. The van der Waals surface area contributed by atoms with Crippen molar-refractivity contribution in [2.45, 2.75) is 0 Å². The number of aromatic amines is 1. The van der Waals surface area contributed by atoms with Crippen LogP contribution in [0.25, 0.3) is 10.9 Å². The smallest absolute Gasteiger partial charge is 0.199 e. The molecule has 2 aliphatic heterocycles. The summed E-state index contributed by atoms with van der Waals surface area (Å²) in [7, 11) is 0. The molecule has 7 nitrogen and oxygen atoms in total. The van der Waals surface area contributed by atoms with Gasteiger partial charge in [-0.15, -0.1) is 0 Å². The van der Waals surface area contributed by atoms with E-state index in [1.54, 1.807) is 6.07 Å². The number of benzene rings is 2. The van der Waals surface area contributed by atoms with Gasteiger partial charge in [0.2, 0.25) is 0 Å². The Balaban J connectivity index is 1.46. The minimum Gasteiger partial charge on any atom is -0.494 e. The number of hydrogen-bond acceptors (Lipinski definition) is 6. The Morgan fingerprint density at radius 1 is 1.20 bits per heavy atom. The first-order chi connectivity index (χ1) is 14.7. The average Bonchev–Trinajstić information content (AvgIpc) is 3.28. The molecule has 8 heteroatoms. The molecule has 2 N–H and O–H groups in total. The fourth-order valence-corrected chi connectivity index (χ4v) is 3.83. The zero-order valence-corrected chi connectivity index (χ0v) is 16.3. The second-order valence-corrected chi connectivity index (χ2v) is 7.24. The monoisotopic (exact) mass is 408 g/mol. The van der Waals surface area contributed by atoms with Gasteiger partial charge in [-0.1, -0.05) is 23.4 Å². The topological polar surface area (TPSA) is 82.4 Å². The Hall–Kier alpha value is -3.23. The molecule has 1 fully saturated rings. The van der Waals surface area contributed by atoms with Crippen LogP contribution in [-0.4, -0.2) is 65.9 Å². The maximum absolute atomic E-state index is 13.9. The molecule has 0 saturated carbocycles. The van der Waals surface area contributed by atoms with Crippen molar-refractivity contribution >= 4 is 28.0 Å². The Morgan fingerprint density at radius 2 is 2.03 bits per heavy atom. The van der Waals surface area contributed by atoms with E-state index in [0.29, 0.717) is 34.5 Å². The molecule has 3 heterocycles. The number of hydrogen-bond donors (Lipinski definition) is 2. The quantitative estimate of drug-likeness (QED) is 0.502. The number of morpholine rings is 1. The van der Waals surface area contributed by atoms with Gasteiger partial charge >= 0.3 is 0 Å². The summed E-state index contributed by atoms with van der Waals surface area (Å²) < 4.78 is 19.3. The molecule has 30 heavy (non-hydrogen) atoms. The van der Waals surface area contributed by atoms with Crippen molar-refractivity contribution in [2.24, 2.45) is 10.1 Å². The molecule has 0 radical (unpaired) electrons. The number of aliphatic imine (C=N–C) groups is 1. The summed E-state index contributed by atoms with van der Waals surface area (Å²) in [6.07, 6.45) is 0. The fourth-order valence-electron chi connectivity index (χ4n) is 3.83. The van der Waals surface area contributed by atoms with Crippen molar-refractivity contribution in [3.8, 4) is 5.88 Å². The van der Waals surface area contributed by atoms with Gasteiger partial charge in [0, 0.05) is 36.1 Å². The highest BCUT2D eigenvalue weighted by Gasteiger charge is 2.29. The normalized spacial score (nSPS) is 18.0. The van der Waals surface area contributed by atoms with E-state index in [0.717, 1.165) is 44.1 Å². The maximum atomic E-state index is 13.9. The van der Waals surface area contributed by atoms with Crippen LogP contribution in [0.3, 0.4) is 0 Å². The van der Waals surface area contributed by atoms with E-state index >= 15 is 0 Å². The molecule has 1 aromatic heterocycles. The van der Waals surface area contributed by atoms with E-state index in [1.165, 1.54) is 12.1 Å². The largest absolute Gasteiger partial charge is 0.494 e. The van der Waals surface area contributed by atoms with Gasteiger partial charge in [-0.05, 0) is 24.3 Å². The number of nitrogens with zero attached hydrogens (tertiary/aromatic N) is 3. The number of H-pyrrole nitrogens is 1. The molecule has 2 aromatic carbocycles. The third-order valence-electron chi connectivity index (χ3n) is 5.35. The highest BCUT2D eigenvalue weighted by atomic mass is 19.1. The molecule has 0 spiro atoms. The molecule has 3 aromatic rings. The summed E-state index contributed by atoms with van der Waals surface area (Å²) in [5.74, 6) is -0.470. The summed E-state index contributed by atoms with van der Waals surface area (Å²) in [4.78, 5) is 15.4. The first-order valence-corrected chi connectivity index (χ1v) is 9.90. The number of fused-ring (bicyclic) bond motifs is 2. The van der Waals surface area contributed by atoms with E-state index in [4.69, 9.17) is 9.57 Å². The van der Waals surface area contributed by atoms with E-state index in [9.17, 15) is 9.50 Å². The number of ether oxygens (including phenoxy) is 1. The van der Waals surface area contributed by atoms with Crippen molar-refractivity contribution in [1.29, 1.82) is 0 Å². The lowest BCUT2D eigenvalue weighted by molar-refractivity contribution is 0.0213. The SMILES string of the molecule is Oc1[nH]c2ccc(F)cc2c1C1=Nc2ccccc2/C1=N\OCCN1CCOCC1. The lowest BCUT2D eigenvalue weighted by atomic mass is 10.0. The predicted molar refractivity (Wildman–Crippen MR) is 112 cm³/mol. The number of halogens is 1. The molecule has 0 bridgehead atoms. The summed E-state index contributed by atoms with van der Waals surface area (Å²) >= 11 is 0. The van der Waals surface area contributed by atoms with Gasteiger partial charge in [0.05, 0.1) is 24.5 Å².